The molecule has 1 heterocycles. The van der Waals surface area contributed by atoms with Gasteiger partial charge in [0.05, 0.1) is 6.61 Å². The number of hydrogen-bond donors (Lipinski definition) is 2. The zero-order valence-electron chi connectivity index (χ0n) is 15.5. The SMILES string of the molecule is COCCNC(=O)Cn1cc(/C=C(\C#N)C(=O)NC2CC2)c2cc(Br)ccc21. The smallest absolute Gasteiger partial charge is 0.262 e. The van der Waals surface area contributed by atoms with Crippen LogP contribution in [0.15, 0.2) is 34.4 Å². The van der Waals surface area contributed by atoms with Gasteiger partial charge in [0.2, 0.25) is 5.91 Å². The van der Waals surface area contributed by atoms with Crippen molar-refractivity contribution in [2.24, 2.45) is 0 Å². The number of carbonyl (C=O) groups excluding carboxylic acids is 2. The highest BCUT2D eigenvalue weighted by atomic mass is 79.9. The molecule has 2 N–H and O–H groups in total. The second-order valence-corrected chi connectivity index (χ2v) is 7.55. The Bertz CT molecular complexity index is 970. The molecule has 0 aliphatic heterocycles. The minimum absolute atomic E-state index is 0.0514. The van der Waals surface area contributed by atoms with Crippen molar-refractivity contribution in [2.45, 2.75) is 25.4 Å². The van der Waals surface area contributed by atoms with Crippen LogP contribution < -0.4 is 10.6 Å². The van der Waals surface area contributed by atoms with Crippen LogP contribution in [0, 0.1) is 11.3 Å². The molecule has 1 aliphatic carbocycles. The molecule has 3 rings (SSSR count). The predicted octanol–water partition coefficient (Wildman–Crippen LogP) is 2.35. The second kappa shape index (κ2) is 9.04. The minimum Gasteiger partial charge on any atom is -0.383 e. The van der Waals surface area contributed by atoms with Crippen LogP contribution in [0.5, 0.6) is 0 Å². The maximum Gasteiger partial charge on any atom is 0.262 e. The first-order valence-corrected chi connectivity index (χ1v) is 9.78. The molecule has 28 heavy (non-hydrogen) atoms. The summed E-state index contributed by atoms with van der Waals surface area (Å²) in [5.41, 5.74) is 1.61. The predicted molar refractivity (Wildman–Crippen MR) is 109 cm³/mol. The molecular weight excluding hydrogens is 424 g/mol. The molecule has 1 saturated carbocycles. The van der Waals surface area contributed by atoms with E-state index in [9.17, 15) is 14.9 Å². The third-order valence-corrected chi connectivity index (χ3v) is 4.89. The van der Waals surface area contributed by atoms with Crippen LogP contribution in [0.1, 0.15) is 18.4 Å². The van der Waals surface area contributed by atoms with Crippen molar-refractivity contribution in [1.82, 2.24) is 15.2 Å². The highest BCUT2D eigenvalue weighted by molar-refractivity contribution is 9.10. The van der Waals surface area contributed by atoms with Gasteiger partial charge in [-0.25, -0.2) is 0 Å². The summed E-state index contributed by atoms with van der Waals surface area (Å²) >= 11 is 3.45. The lowest BCUT2D eigenvalue weighted by Crippen LogP contribution is -2.30. The van der Waals surface area contributed by atoms with Crippen LogP contribution in [0.25, 0.3) is 17.0 Å². The number of amides is 2. The van der Waals surface area contributed by atoms with Crippen LogP contribution in [0.4, 0.5) is 0 Å². The Balaban J connectivity index is 1.90. The first kappa shape index (κ1) is 20.1. The maximum atomic E-state index is 12.3. The van der Waals surface area contributed by atoms with Gasteiger partial charge in [-0.15, -0.1) is 0 Å². The Morgan fingerprint density at radius 2 is 2.21 bits per heavy atom. The van der Waals surface area contributed by atoms with Crippen molar-refractivity contribution in [2.75, 3.05) is 20.3 Å². The summed E-state index contributed by atoms with van der Waals surface area (Å²) < 4.78 is 7.62. The molecule has 2 amide bonds. The summed E-state index contributed by atoms with van der Waals surface area (Å²) in [6, 6.07) is 7.86. The number of benzene rings is 1. The zero-order chi connectivity index (χ0) is 20.1. The highest BCUT2D eigenvalue weighted by Crippen LogP contribution is 2.27. The summed E-state index contributed by atoms with van der Waals surface area (Å²) in [7, 11) is 1.58. The van der Waals surface area contributed by atoms with Gasteiger partial charge in [-0.3, -0.25) is 9.59 Å². The molecule has 1 aromatic heterocycles. The molecule has 0 saturated heterocycles. The Kier molecular flexibility index (Phi) is 6.49. The molecule has 0 atom stereocenters. The minimum atomic E-state index is -0.363. The summed E-state index contributed by atoms with van der Waals surface area (Å²) in [5, 5.41) is 15.9. The van der Waals surface area contributed by atoms with Gasteiger partial charge in [-0.2, -0.15) is 5.26 Å². The molecule has 0 unspecified atom stereocenters. The van der Waals surface area contributed by atoms with Crippen molar-refractivity contribution >= 4 is 44.7 Å². The number of aromatic nitrogens is 1. The molecule has 1 aromatic carbocycles. The Labute approximate surface area is 171 Å². The second-order valence-electron chi connectivity index (χ2n) is 6.63. The molecule has 0 bridgehead atoms. The number of nitrogens with zero attached hydrogens (tertiary/aromatic N) is 2. The fourth-order valence-corrected chi connectivity index (χ4v) is 3.20. The van der Waals surface area contributed by atoms with E-state index in [-0.39, 0.29) is 30.0 Å². The van der Waals surface area contributed by atoms with E-state index in [0.29, 0.717) is 18.7 Å². The number of fused-ring (bicyclic) bond motifs is 1. The quantitative estimate of drug-likeness (QED) is 0.371. The number of hydrogen-bond acceptors (Lipinski definition) is 4. The number of carbonyl (C=O) groups is 2. The summed E-state index contributed by atoms with van der Waals surface area (Å²) in [4.78, 5) is 24.5. The first-order chi connectivity index (χ1) is 13.5. The average Bonchev–Trinajstić information content (AvgIpc) is 3.42. The maximum absolute atomic E-state index is 12.3. The molecule has 0 radical (unpaired) electrons. The van der Waals surface area contributed by atoms with Crippen LogP contribution in [-0.2, 0) is 20.9 Å². The van der Waals surface area contributed by atoms with Gasteiger partial charge in [-0.1, -0.05) is 15.9 Å². The molecule has 2 aromatic rings. The van der Waals surface area contributed by atoms with E-state index in [4.69, 9.17) is 4.74 Å². The molecule has 8 heteroatoms. The third-order valence-electron chi connectivity index (χ3n) is 4.39. The normalized spacial score (nSPS) is 14.0. The standard InChI is InChI=1S/C20H21BrN4O3/c1-28-7-6-23-19(26)12-25-11-14(17-9-15(21)2-5-18(17)25)8-13(10-22)20(27)24-16-3-4-16/h2,5,8-9,11,16H,3-4,6-7,12H2,1H3,(H,23,26)(H,24,27)/b13-8+. The number of nitriles is 1. The molecule has 0 spiro atoms. The monoisotopic (exact) mass is 444 g/mol. The molecule has 7 nitrogen and oxygen atoms in total. The Hall–Kier alpha value is -2.63. The fraction of sp³-hybridized carbons (Fsp3) is 0.350. The molecular formula is C20H21BrN4O3. The Morgan fingerprint density at radius 3 is 2.89 bits per heavy atom. The van der Waals surface area contributed by atoms with E-state index in [0.717, 1.165) is 28.2 Å². The van der Waals surface area contributed by atoms with Crippen molar-refractivity contribution in [1.29, 1.82) is 5.26 Å². The van der Waals surface area contributed by atoms with Crippen LogP contribution >= 0.6 is 15.9 Å². The average molecular weight is 445 g/mol. The van der Waals surface area contributed by atoms with Gasteiger partial charge < -0.3 is 19.9 Å². The summed E-state index contributed by atoms with van der Waals surface area (Å²) in [5.74, 6) is -0.502. The van der Waals surface area contributed by atoms with Crippen molar-refractivity contribution in [3.8, 4) is 6.07 Å². The van der Waals surface area contributed by atoms with E-state index in [1.54, 1.807) is 19.4 Å². The van der Waals surface area contributed by atoms with E-state index in [1.165, 1.54) is 0 Å². The van der Waals surface area contributed by atoms with Crippen LogP contribution in [0.3, 0.4) is 0 Å². The van der Waals surface area contributed by atoms with Gasteiger partial charge in [0.1, 0.15) is 18.2 Å². The number of nitrogens with one attached hydrogen (secondary N) is 2. The van der Waals surface area contributed by atoms with Gasteiger partial charge in [0, 0.05) is 46.8 Å². The van der Waals surface area contributed by atoms with E-state index < -0.39 is 0 Å². The number of methoxy groups -OCH3 is 1. The van der Waals surface area contributed by atoms with Gasteiger partial charge in [0.15, 0.2) is 0 Å². The number of halogens is 1. The molecule has 1 aliphatic rings. The lowest BCUT2D eigenvalue weighted by molar-refractivity contribution is -0.121. The molecule has 1 fully saturated rings. The van der Waals surface area contributed by atoms with Crippen LogP contribution in [-0.4, -0.2) is 42.7 Å². The van der Waals surface area contributed by atoms with E-state index >= 15 is 0 Å². The largest absolute Gasteiger partial charge is 0.383 e. The first-order valence-electron chi connectivity index (χ1n) is 8.98. The topological polar surface area (TPSA) is 96.2 Å². The van der Waals surface area contributed by atoms with Crippen molar-refractivity contribution in [3.63, 3.8) is 0 Å². The Morgan fingerprint density at radius 1 is 1.43 bits per heavy atom. The summed E-state index contributed by atoms with van der Waals surface area (Å²) in [6.07, 6.45) is 5.27. The molecule has 146 valence electrons. The number of ether oxygens (including phenoxy) is 1. The van der Waals surface area contributed by atoms with Gasteiger partial charge in [-0.05, 0) is 37.1 Å². The van der Waals surface area contributed by atoms with Crippen LogP contribution in [0.2, 0.25) is 0 Å². The summed E-state index contributed by atoms with van der Waals surface area (Å²) in [6.45, 7) is 1.01. The van der Waals surface area contributed by atoms with Gasteiger partial charge >= 0.3 is 0 Å². The van der Waals surface area contributed by atoms with E-state index in [2.05, 4.69) is 26.6 Å². The highest BCUT2D eigenvalue weighted by Gasteiger charge is 2.25. The lowest BCUT2D eigenvalue weighted by Gasteiger charge is -2.07. The van der Waals surface area contributed by atoms with Gasteiger partial charge in [0.25, 0.3) is 5.91 Å². The lowest BCUT2D eigenvalue weighted by atomic mass is 10.1. The fourth-order valence-electron chi connectivity index (χ4n) is 2.84. The number of rotatable bonds is 8. The van der Waals surface area contributed by atoms with Crippen molar-refractivity contribution in [3.05, 3.63) is 40.0 Å². The van der Waals surface area contributed by atoms with Crippen molar-refractivity contribution < 1.29 is 14.3 Å². The third kappa shape index (κ3) is 5.00. The zero-order valence-corrected chi connectivity index (χ0v) is 17.1. The van der Waals surface area contributed by atoms with E-state index in [1.807, 2.05) is 28.8 Å².